The molecule has 0 radical (unpaired) electrons. The number of anilines is 2. The Bertz CT molecular complexity index is 1110. The molecular formula is C18H21N9S. The molecule has 1 aliphatic rings. The van der Waals surface area contributed by atoms with Crippen molar-refractivity contribution in [3.05, 3.63) is 35.7 Å². The summed E-state index contributed by atoms with van der Waals surface area (Å²) in [5.74, 6) is 1.50. The van der Waals surface area contributed by atoms with Crippen LogP contribution >= 0.6 is 11.3 Å². The first kappa shape index (κ1) is 17.1. The standard InChI is InChI=1S/C18H21N9S/c1-4-25-10-16-14(23-25)5-13(28-16)9-27-18-17(22-24-27)19-7-15(21-18)12-6-20-26(8-12)11(2)3/h5-8,10-11,24H,4,9H2,1-3H3,(H,19,22). The Hall–Kier alpha value is -2.98. The molecule has 0 unspecified atom stereocenters. The second-order valence-corrected chi connectivity index (χ2v) is 8.17. The number of nitrogens with one attached hydrogen (secondary N) is 2. The normalized spacial score (nSPS) is 13.5. The van der Waals surface area contributed by atoms with E-state index >= 15 is 0 Å². The van der Waals surface area contributed by atoms with Crippen molar-refractivity contribution >= 4 is 33.2 Å². The molecule has 10 heteroatoms. The fourth-order valence-corrected chi connectivity index (χ4v) is 4.18. The zero-order valence-electron chi connectivity index (χ0n) is 15.9. The van der Waals surface area contributed by atoms with E-state index in [1.54, 1.807) is 17.5 Å². The predicted octanol–water partition coefficient (Wildman–Crippen LogP) is 3.20. The van der Waals surface area contributed by atoms with E-state index in [9.17, 15) is 0 Å². The zero-order valence-corrected chi connectivity index (χ0v) is 16.7. The molecule has 0 aliphatic carbocycles. The summed E-state index contributed by atoms with van der Waals surface area (Å²) in [4.78, 5) is 10.5. The summed E-state index contributed by atoms with van der Waals surface area (Å²) in [5.41, 5.74) is 9.03. The number of aromatic nitrogens is 6. The number of fused-ring (bicyclic) bond motifs is 2. The maximum absolute atomic E-state index is 4.81. The Morgan fingerprint density at radius 2 is 2.11 bits per heavy atom. The fraction of sp³-hybridized carbons (Fsp3) is 0.333. The van der Waals surface area contributed by atoms with Gasteiger partial charge in [-0.05, 0) is 26.8 Å². The van der Waals surface area contributed by atoms with E-state index in [0.29, 0.717) is 12.6 Å². The Labute approximate surface area is 166 Å². The van der Waals surface area contributed by atoms with Gasteiger partial charge < -0.3 is 0 Å². The molecule has 9 nitrogen and oxygen atoms in total. The first-order chi connectivity index (χ1) is 13.6. The molecule has 0 spiro atoms. The van der Waals surface area contributed by atoms with Gasteiger partial charge in [0.1, 0.15) is 5.52 Å². The van der Waals surface area contributed by atoms with Crippen LogP contribution in [0.15, 0.2) is 30.9 Å². The van der Waals surface area contributed by atoms with Crippen molar-refractivity contribution in [3.8, 4) is 11.3 Å². The minimum Gasteiger partial charge on any atom is -0.285 e. The van der Waals surface area contributed by atoms with E-state index in [1.807, 2.05) is 26.8 Å². The van der Waals surface area contributed by atoms with Gasteiger partial charge >= 0.3 is 0 Å². The number of nitrogens with zero attached hydrogens (tertiary/aromatic N) is 7. The van der Waals surface area contributed by atoms with Gasteiger partial charge in [0, 0.05) is 35.4 Å². The highest BCUT2D eigenvalue weighted by atomic mass is 32.1. The number of hydrogen-bond acceptors (Lipinski definition) is 8. The molecule has 2 N–H and O–H groups in total. The molecule has 5 rings (SSSR count). The van der Waals surface area contributed by atoms with Crippen LogP contribution < -0.4 is 16.0 Å². The van der Waals surface area contributed by atoms with Crippen molar-refractivity contribution in [2.75, 3.05) is 10.4 Å². The summed E-state index contributed by atoms with van der Waals surface area (Å²) >= 11 is 1.75. The summed E-state index contributed by atoms with van der Waals surface area (Å²) in [6.07, 6.45) is 7.70. The van der Waals surface area contributed by atoms with E-state index in [0.717, 1.165) is 35.0 Å². The van der Waals surface area contributed by atoms with Gasteiger partial charge in [0.25, 0.3) is 0 Å². The van der Waals surface area contributed by atoms with E-state index < -0.39 is 0 Å². The van der Waals surface area contributed by atoms with Crippen LogP contribution in [0.4, 0.5) is 11.6 Å². The highest BCUT2D eigenvalue weighted by molar-refractivity contribution is 7.19. The van der Waals surface area contributed by atoms with Gasteiger partial charge in [-0.25, -0.2) is 9.97 Å². The quantitative estimate of drug-likeness (QED) is 0.536. The number of rotatable bonds is 5. The third-order valence-electron chi connectivity index (χ3n) is 4.68. The molecule has 0 fully saturated rings. The van der Waals surface area contributed by atoms with Crippen molar-refractivity contribution in [2.24, 2.45) is 0 Å². The van der Waals surface area contributed by atoms with Crippen molar-refractivity contribution in [3.63, 3.8) is 0 Å². The maximum atomic E-state index is 4.81. The molecule has 5 heterocycles. The van der Waals surface area contributed by atoms with Gasteiger partial charge in [0.05, 0.1) is 29.3 Å². The van der Waals surface area contributed by atoms with Gasteiger partial charge in [-0.1, -0.05) is 0 Å². The number of thiophene rings is 1. The molecular weight excluding hydrogens is 374 g/mol. The molecule has 144 valence electrons. The van der Waals surface area contributed by atoms with Crippen LogP contribution in [0.5, 0.6) is 0 Å². The molecule has 4 aromatic heterocycles. The summed E-state index contributed by atoms with van der Waals surface area (Å²) in [5, 5.41) is 10.9. The van der Waals surface area contributed by atoms with Crippen LogP contribution in [-0.4, -0.2) is 29.5 Å². The molecule has 0 aromatic carbocycles. The van der Waals surface area contributed by atoms with Gasteiger partial charge in [-0.2, -0.15) is 10.2 Å². The summed E-state index contributed by atoms with van der Waals surface area (Å²) in [6.45, 7) is 7.85. The molecule has 4 aromatic rings. The van der Waals surface area contributed by atoms with Crippen molar-refractivity contribution in [2.45, 2.75) is 39.9 Å². The molecule has 0 amide bonds. The second-order valence-electron chi connectivity index (χ2n) is 7.00. The zero-order chi connectivity index (χ0) is 19.3. The lowest BCUT2D eigenvalue weighted by Crippen LogP contribution is -2.35. The van der Waals surface area contributed by atoms with Gasteiger partial charge in [0.15, 0.2) is 11.6 Å². The van der Waals surface area contributed by atoms with Crippen LogP contribution in [0.2, 0.25) is 0 Å². The summed E-state index contributed by atoms with van der Waals surface area (Å²) < 4.78 is 5.08. The lowest BCUT2D eigenvalue weighted by molar-refractivity contribution is 0.532. The SMILES string of the molecule is CCn1cc2sc(CN3NNc4ncc(-c5cnn(C(C)C)c5)nc43)cc2n1. The molecule has 0 atom stereocenters. The average Bonchev–Trinajstić information content (AvgIpc) is 3.44. The largest absolute Gasteiger partial charge is 0.285 e. The van der Waals surface area contributed by atoms with Crippen LogP contribution in [-0.2, 0) is 13.1 Å². The second kappa shape index (κ2) is 6.57. The Kier molecular flexibility index (Phi) is 4.02. The number of aryl methyl sites for hydroxylation is 1. The lowest BCUT2D eigenvalue weighted by Gasteiger charge is -2.15. The highest BCUT2D eigenvalue weighted by Gasteiger charge is 2.24. The topological polar surface area (TPSA) is 88.7 Å². The first-order valence-electron chi connectivity index (χ1n) is 9.27. The molecule has 1 aliphatic heterocycles. The summed E-state index contributed by atoms with van der Waals surface area (Å²) in [7, 11) is 0. The van der Waals surface area contributed by atoms with Gasteiger partial charge in [-0.15, -0.1) is 16.9 Å². The van der Waals surface area contributed by atoms with Gasteiger partial charge in [0.2, 0.25) is 0 Å². The minimum atomic E-state index is 0.308. The molecule has 0 bridgehead atoms. The third kappa shape index (κ3) is 2.90. The van der Waals surface area contributed by atoms with Crippen molar-refractivity contribution in [1.29, 1.82) is 0 Å². The van der Waals surface area contributed by atoms with E-state index in [4.69, 9.17) is 4.98 Å². The third-order valence-corrected chi connectivity index (χ3v) is 5.72. The number of hydrazine groups is 2. The smallest absolute Gasteiger partial charge is 0.190 e. The molecule has 0 saturated carbocycles. The van der Waals surface area contributed by atoms with Crippen LogP contribution in [0, 0.1) is 0 Å². The lowest BCUT2D eigenvalue weighted by atomic mass is 10.2. The molecule has 28 heavy (non-hydrogen) atoms. The predicted molar refractivity (Wildman–Crippen MR) is 110 cm³/mol. The Balaban J connectivity index is 1.41. The van der Waals surface area contributed by atoms with Crippen LogP contribution in [0.25, 0.3) is 21.5 Å². The highest BCUT2D eigenvalue weighted by Crippen LogP contribution is 2.31. The van der Waals surface area contributed by atoms with Crippen LogP contribution in [0.1, 0.15) is 31.7 Å². The first-order valence-corrected chi connectivity index (χ1v) is 10.1. The van der Waals surface area contributed by atoms with Crippen molar-refractivity contribution < 1.29 is 0 Å². The van der Waals surface area contributed by atoms with Crippen molar-refractivity contribution in [1.82, 2.24) is 35.1 Å². The van der Waals surface area contributed by atoms with E-state index in [-0.39, 0.29) is 0 Å². The van der Waals surface area contributed by atoms with E-state index in [2.05, 4.69) is 59.2 Å². The van der Waals surface area contributed by atoms with Gasteiger partial charge in [-0.3, -0.25) is 19.8 Å². The van der Waals surface area contributed by atoms with E-state index in [1.165, 1.54) is 9.58 Å². The monoisotopic (exact) mass is 395 g/mol. The fourth-order valence-electron chi connectivity index (χ4n) is 3.15. The Morgan fingerprint density at radius 1 is 1.21 bits per heavy atom. The molecule has 0 saturated heterocycles. The Morgan fingerprint density at radius 3 is 2.86 bits per heavy atom. The number of hydrogen-bond donors (Lipinski definition) is 2. The average molecular weight is 395 g/mol. The summed E-state index contributed by atoms with van der Waals surface area (Å²) in [6, 6.07) is 2.44. The minimum absolute atomic E-state index is 0.308. The maximum Gasteiger partial charge on any atom is 0.190 e. The van der Waals surface area contributed by atoms with Crippen LogP contribution in [0.3, 0.4) is 0 Å².